The Balaban J connectivity index is -0.000000245. The molecule has 0 rings (SSSR count). The summed E-state index contributed by atoms with van der Waals surface area (Å²) in [6.07, 6.45) is 1.12. The molecule has 0 heterocycles. The standard InChI is InChI=1S/C4H5NO3.2Na/c5-3(6)1-2-4(7)8;;/h1-2H,(H3,5,6,7,8);;/q;2*+1/p-2/b2-1-;;. The van der Waals surface area contributed by atoms with Gasteiger partial charge in [0.15, 0.2) is 0 Å². The fraction of sp³-hybridized carbons (Fsp3) is 0. The largest absolute Gasteiger partial charge is 1.00 e. The summed E-state index contributed by atoms with van der Waals surface area (Å²) in [5.41, 5.74) is 6.15. The van der Waals surface area contributed by atoms with Gasteiger partial charge in [0.2, 0.25) is 0 Å². The first-order valence-electron chi connectivity index (χ1n) is 1.77. The van der Waals surface area contributed by atoms with E-state index in [9.17, 15) is 14.7 Å². The van der Waals surface area contributed by atoms with E-state index in [1.54, 1.807) is 0 Å². The normalized spacial score (nSPS) is 7.60. The fourth-order valence-corrected chi connectivity index (χ4v) is 0.144. The van der Waals surface area contributed by atoms with Crippen LogP contribution in [0.15, 0.2) is 12.2 Å². The predicted octanol–water partition coefficient (Wildman–Crippen LogP) is -7.12. The summed E-state index contributed by atoms with van der Waals surface area (Å²) in [7, 11) is 0. The molecule has 0 radical (unpaired) electrons. The molecular formula is C4H3NNa2O3. The molecule has 6 heteroatoms. The molecule has 0 saturated heterocycles. The fourth-order valence-electron chi connectivity index (χ4n) is 0.144. The monoisotopic (exact) mass is 159 g/mol. The van der Waals surface area contributed by atoms with Crippen molar-refractivity contribution in [3.8, 4) is 0 Å². The minimum absolute atomic E-state index is 0. The second-order valence-electron chi connectivity index (χ2n) is 1.02. The molecule has 0 unspecified atom stereocenters. The molecule has 0 spiro atoms. The molecule has 1 amide bonds. The molecule has 1 N–H and O–H groups in total. The van der Waals surface area contributed by atoms with E-state index in [4.69, 9.17) is 5.73 Å². The van der Waals surface area contributed by atoms with Crippen molar-refractivity contribution in [2.24, 2.45) is 0 Å². The van der Waals surface area contributed by atoms with Crippen LogP contribution in [0.4, 0.5) is 0 Å². The molecule has 0 aromatic rings. The van der Waals surface area contributed by atoms with Gasteiger partial charge in [-0.1, -0.05) is 0 Å². The van der Waals surface area contributed by atoms with E-state index in [0.717, 1.165) is 0 Å². The number of hydrogen-bond acceptors (Lipinski definition) is 3. The summed E-state index contributed by atoms with van der Waals surface area (Å²) in [5, 5.41) is 9.47. The van der Waals surface area contributed by atoms with E-state index in [2.05, 4.69) is 0 Å². The summed E-state index contributed by atoms with van der Waals surface area (Å²) in [6, 6.07) is 0. The van der Waals surface area contributed by atoms with E-state index in [0.29, 0.717) is 12.2 Å². The average Bonchev–Trinajstić information content (AvgIpc) is 1.61. The van der Waals surface area contributed by atoms with E-state index in [1.807, 2.05) is 0 Å². The summed E-state index contributed by atoms with van der Waals surface area (Å²) < 4.78 is 0. The van der Waals surface area contributed by atoms with Gasteiger partial charge in [0.05, 0.1) is 11.9 Å². The Bertz CT molecular complexity index is 129. The topological polar surface area (TPSA) is 81.0 Å². The van der Waals surface area contributed by atoms with Crippen LogP contribution in [-0.2, 0) is 9.59 Å². The molecule has 0 aromatic carbocycles. The van der Waals surface area contributed by atoms with Gasteiger partial charge >= 0.3 is 59.1 Å². The Kier molecular flexibility index (Phi) is 16.4. The van der Waals surface area contributed by atoms with Crippen molar-refractivity contribution in [2.45, 2.75) is 0 Å². The minimum Gasteiger partial charge on any atom is -0.664 e. The zero-order valence-electron chi connectivity index (χ0n) is 5.88. The SMILES string of the molecule is [NH-]C(=O)/C=C\C(=O)[O-].[Na+].[Na+]. The third-order valence-electron chi connectivity index (χ3n) is 0.371. The molecule has 0 atom stereocenters. The molecule has 0 fully saturated rings. The first-order chi connectivity index (χ1) is 3.63. The van der Waals surface area contributed by atoms with Crippen LogP contribution in [-0.4, -0.2) is 11.9 Å². The number of carboxylic acids is 1. The number of nitrogens with one attached hydrogen (secondary N) is 1. The summed E-state index contributed by atoms with van der Waals surface area (Å²) >= 11 is 0. The number of rotatable bonds is 2. The van der Waals surface area contributed by atoms with Crippen LogP contribution in [0.25, 0.3) is 5.73 Å². The van der Waals surface area contributed by atoms with Crippen LogP contribution in [0.5, 0.6) is 0 Å². The van der Waals surface area contributed by atoms with Gasteiger partial charge < -0.3 is 20.4 Å². The number of carbonyl (C=O) groups excluding carboxylic acids is 2. The van der Waals surface area contributed by atoms with E-state index < -0.39 is 11.9 Å². The van der Waals surface area contributed by atoms with Gasteiger partial charge in [-0.15, -0.1) is 0 Å². The molecule has 10 heavy (non-hydrogen) atoms. The number of carboxylic acid groups (broad SMARTS) is 1. The first kappa shape index (κ1) is 17.0. The molecule has 44 valence electrons. The van der Waals surface area contributed by atoms with E-state index in [-0.39, 0.29) is 59.1 Å². The quantitative estimate of drug-likeness (QED) is 0.296. The van der Waals surface area contributed by atoms with Crippen molar-refractivity contribution in [2.75, 3.05) is 0 Å². The van der Waals surface area contributed by atoms with Crippen molar-refractivity contribution >= 4 is 11.9 Å². The zero-order chi connectivity index (χ0) is 6.57. The van der Waals surface area contributed by atoms with Crippen molar-refractivity contribution in [3.05, 3.63) is 17.9 Å². The third kappa shape index (κ3) is 15.9. The molecule has 0 saturated carbocycles. The first-order valence-corrected chi connectivity index (χ1v) is 1.77. The van der Waals surface area contributed by atoms with Gasteiger partial charge in [-0.2, -0.15) is 0 Å². The average molecular weight is 159 g/mol. The molecule has 0 aliphatic rings. The Labute approximate surface area is 102 Å². The zero-order valence-corrected chi connectivity index (χ0v) is 9.88. The Morgan fingerprint density at radius 1 is 1.20 bits per heavy atom. The third-order valence-corrected chi connectivity index (χ3v) is 0.371. The molecule has 0 aliphatic heterocycles. The van der Waals surface area contributed by atoms with Crippen LogP contribution in [0.1, 0.15) is 0 Å². The van der Waals surface area contributed by atoms with Crippen LogP contribution in [0, 0.1) is 0 Å². The summed E-state index contributed by atoms with van der Waals surface area (Å²) in [4.78, 5) is 19.1. The number of amides is 1. The summed E-state index contributed by atoms with van der Waals surface area (Å²) in [5.74, 6) is -2.51. The van der Waals surface area contributed by atoms with Gasteiger partial charge in [0.25, 0.3) is 0 Å². The molecule has 4 nitrogen and oxygen atoms in total. The second-order valence-corrected chi connectivity index (χ2v) is 1.02. The van der Waals surface area contributed by atoms with Crippen LogP contribution < -0.4 is 64.2 Å². The van der Waals surface area contributed by atoms with Crippen molar-refractivity contribution in [1.82, 2.24) is 0 Å². The Morgan fingerprint density at radius 2 is 1.60 bits per heavy atom. The van der Waals surface area contributed by atoms with Crippen molar-refractivity contribution in [1.29, 1.82) is 0 Å². The Morgan fingerprint density at radius 3 is 1.70 bits per heavy atom. The van der Waals surface area contributed by atoms with Crippen LogP contribution in [0.3, 0.4) is 0 Å². The predicted molar refractivity (Wildman–Crippen MR) is 23.5 cm³/mol. The van der Waals surface area contributed by atoms with Gasteiger partial charge in [0, 0.05) is 0 Å². The van der Waals surface area contributed by atoms with E-state index in [1.165, 1.54) is 0 Å². The molecule has 0 bridgehead atoms. The maximum atomic E-state index is 9.64. The van der Waals surface area contributed by atoms with E-state index >= 15 is 0 Å². The molecule has 0 aromatic heterocycles. The van der Waals surface area contributed by atoms with Gasteiger partial charge in [0.1, 0.15) is 0 Å². The number of carbonyl (C=O) groups is 2. The van der Waals surface area contributed by atoms with Crippen molar-refractivity contribution < 1.29 is 73.8 Å². The number of aliphatic carboxylic acids is 1. The van der Waals surface area contributed by atoms with Gasteiger partial charge in [-0.05, 0) is 12.2 Å². The number of hydrogen-bond donors (Lipinski definition) is 0. The van der Waals surface area contributed by atoms with Crippen LogP contribution in [0.2, 0.25) is 0 Å². The van der Waals surface area contributed by atoms with Crippen LogP contribution >= 0.6 is 0 Å². The second kappa shape index (κ2) is 9.68. The van der Waals surface area contributed by atoms with Crippen molar-refractivity contribution in [3.63, 3.8) is 0 Å². The van der Waals surface area contributed by atoms with Gasteiger partial charge in [-0.25, -0.2) is 0 Å². The minimum atomic E-state index is -1.47. The van der Waals surface area contributed by atoms with Gasteiger partial charge in [-0.3, -0.25) is 0 Å². The maximum Gasteiger partial charge on any atom is 1.00 e. The molecular weight excluding hydrogens is 156 g/mol. The Hall–Kier alpha value is 0.680. The molecule has 0 aliphatic carbocycles. The maximum absolute atomic E-state index is 9.64. The summed E-state index contributed by atoms with van der Waals surface area (Å²) in [6.45, 7) is 0. The smallest absolute Gasteiger partial charge is 0.664 e.